The van der Waals surface area contributed by atoms with Gasteiger partial charge in [-0.15, -0.1) is 11.3 Å². The van der Waals surface area contributed by atoms with E-state index >= 15 is 0 Å². The van der Waals surface area contributed by atoms with Gasteiger partial charge in [-0.3, -0.25) is 0 Å². The zero-order valence-corrected chi connectivity index (χ0v) is 12.3. The molecular formula is C15H12FN3O2S. The van der Waals surface area contributed by atoms with Gasteiger partial charge < -0.3 is 14.6 Å². The number of hydrogen-bond donors (Lipinski definition) is 1. The Labute approximate surface area is 129 Å². The highest BCUT2D eigenvalue weighted by atomic mass is 32.1. The van der Waals surface area contributed by atoms with E-state index in [9.17, 15) is 4.39 Å². The molecule has 22 heavy (non-hydrogen) atoms. The Kier molecular flexibility index (Phi) is 3.36. The molecule has 112 valence electrons. The van der Waals surface area contributed by atoms with E-state index in [1.807, 2.05) is 0 Å². The summed E-state index contributed by atoms with van der Waals surface area (Å²) in [5.41, 5.74) is 1.28. The van der Waals surface area contributed by atoms with Gasteiger partial charge in [0.1, 0.15) is 0 Å². The largest absolute Gasteiger partial charge is 0.482 e. The average molecular weight is 317 g/mol. The third-order valence-corrected chi connectivity index (χ3v) is 4.54. The van der Waals surface area contributed by atoms with Gasteiger partial charge in [-0.05, 0) is 23.8 Å². The summed E-state index contributed by atoms with van der Waals surface area (Å²) in [6.45, 7) is 1.83. The number of halogens is 1. The minimum Gasteiger partial charge on any atom is -0.482 e. The molecule has 7 heteroatoms. The third kappa shape index (κ3) is 2.49. The Morgan fingerprint density at radius 3 is 3.09 bits per heavy atom. The number of nitrogens with zero attached hydrogens (tertiary/aromatic N) is 2. The van der Waals surface area contributed by atoms with Gasteiger partial charge in [0, 0.05) is 18.0 Å². The Morgan fingerprint density at radius 1 is 1.32 bits per heavy atom. The van der Waals surface area contributed by atoms with Crippen LogP contribution >= 0.6 is 11.3 Å². The lowest BCUT2D eigenvalue weighted by molar-refractivity contribution is 0.274. The predicted molar refractivity (Wildman–Crippen MR) is 78.9 cm³/mol. The van der Waals surface area contributed by atoms with E-state index in [1.165, 1.54) is 16.5 Å². The van der Waals surface area contributed by atoms with E-state index < -0.39 is 5.82 Å². The maximum Gasteiger partial charge on any atom is 0.268 e. The molecule has 0 spiro atoms. The molecule has 3 aromatic rings. The first-order valence-corrected chi connectivity index (χ1v) is 7.64. The monoisotopic (exact) mass is 317 g/mol. The second kappa shape index (κ2) is 5.51. The summed E-state index contributed by atoms with van der Waals surface area (Å²) in [4.78, 5) is 6.56. The van der Waals surface area contributed by atoms with Crippen molar-refractivity contribution in [2.24, 2.45) is 0 Å². The van der Waals surface area contributed by atoms with Gasteiger partial charge >= 0.3 is 0 Å². The fraction of sp³-hybridized carbons (Fsp3) is 0.200. The van der Waals surface area contributed by atoms with Gasteiger partial charge in [-0.1, -0.05) is 17.3 Å². The average Bonchev–Trinajstić information content (AvgIpc) is 3.21. The molecule has 0 fully saturated rings. The number of benzene rings is 1. The maximum absolute atomic E-state index is 13.5. The molecule has 0 saturated carbocycles. The minimum absolute atomic E-state index is 0.0665. The van der Waals surface area contributed by atoms with Gasteiger partial charge in [0.2, 0.25) is 5.82 Å². The van der Waals surface area contributed by atoms with Crippen LogP contribution in [-0.2, 0) is 19.7 Å². The lowest BCUT2D eigenvalue weighted by atomic mass is 10.3. The highest BCUT2D eigenvalue weighted by Gasteiger charge is 2.18. The summed E-state index contributed by atoms with van der Waals surface area (Å²) < 4.78 is 24.1. The normalized spacial score (nSPS) is 13.3. The van der Waals surface area contributed by atoms with Crippen LogP contribution < -0.4 is 10.1 Å². The molecule has 3 heterocycles. The molecule has 4 rings (SSSR count). The number of nitrogens with one attached hydrogen (secondary N) is 1. The van der Waals surface area contributed by atoms with E-state index in [0.717, 1.165) is 18.0 Å². The summed E-state index contributed by atoms with van der Waals surface area (Å²) in [5.74, 6) is 0.639. The maximum atomic E-state index is 13.5. The molecule has 0 saturated heterocycles. The molecule has 5 nitrogen and oxygen atoms in total. The third-order valence-electron chi connectivity index (χ3n) is 3.37. The van der Waals surface area contributed by atoms with Gasteiger partial charge in [0.15, 0.2) is 18.2 Å². The lowest BCUT2D eigenvalue weighted by Crippen LogP contribution is -2.00. The van der Waals surface area contributed by atoms with Crippen LogP contribution in [0, 0.1) is 5.82 Å². The highest BCUT2D eigenvalue weighted by molar-refractivity contribution is 7.15. The molecule has 0 bridgehead atoms. The van der Waals surface area contributed by atoms with Crippen molar-refractivity contribution in [3.63, 3.8) is 0 Å². The Bertz CT molecular complexity index is 793. The van der Waals surface area contributed by atoms with Crippen LogP contribution in [0.25, 0.3) is 10.8 Å². The van der Waals surface area contributed by atoms with Crippen molar-refractivity contribution >= 4 is 11.3 Å². The van der Waals surface area contributed by atoms with Crippen LogP contribution in [0.1, 0.15) is 16.3 Å². The smallest absolute Gasteiger partial charge is 0.268 e. The highest BCUT2D eigenvalue weighted by Crippen LogP contribution is 2.33. The molecule has 0 amide bonds. The zero-order valence-electron chi connectivity index (χ0n) is 11.5. The molecule has 1 N–H and O–H groups in total. The van der Waals surface area contributed by atoms with Gasteiger partial charge in [0.05, 0.1) is 4.88 Å². The summed E-state index contributed by atoms with van der Waals surface area (Å²) >= 11 is 1.65. The van der Waals surface area contributed by atoms with Crippen molar-refractivity contribution in [2.75, 3.05) is 0 Å². The number of para-hydroxylation sites is 1. The molecule has 0 aliphatic carbocycles. The van der Waals surface area contributed by atoms with Crippen molar-refractivity contribution < 1.29 is 13.7 Å². The molecular weight excluding hydrogens is 305 g/mol. The zero-order chi connectivity index (χ0) is 14.9. The molecule has 1 aliphatic rings. The van der Waals surface area contributed by atoms with Crippen LogP contribution in [0.4, 0.5) is 4.39 Å². The van der Waals surface area contributed by atoms with Gasteiger partial charge in [0.25, 0.3) is 5.89 Å². The number of aromatic nitrogens is 2. The van der Waals surface area contributed by atoms with E-state index in [1.54, 1.807) is 29.5 Å². The first-order chi connectivity index (χ1) is 10.8. The first kappa shape index (κ1) is 13.4. The topological polar surface area (TPSA) is 60.2 Å². The summed E-state index contributed by atoms with van der Waals surface area (Å²) in [6.07, 6.45) is 0. The quantitative estimate of drug-likeness (QED) is 0.801. The molecule has 0 atom stereocenters. The van der Waals surface area contributed by atoms with Crippen LogP contribution in [0.2, 0.25) is 0 Å². The minimum atomic E-state index is -0.409. The molecule has 1 aromatic carbocycles. The fourth-order valence-electron chi connectivity index (χ4n) is 2.30. The van der Waals surface area contributed by atoms with Crippen molar-refractivity contribution in [1.82, 2.24) is 15.5 Å². The molecule has 0 radical (unpaired) electrons. The number of ether oxygens (including phenoxy) is 1. The number of hydrogen-bond acceptors (Lipinski definition) is 6. The van der Waals surface area contributed by atoms with Crippen LogP contribution in [0.5, 0.6) is 5.75 Å². The standard InChI is InChI=1S/C15H12FN3O2S/c16-10-3-1-2-4-11(10)20-8-14-18-15(21-19-14)12-5-9-6-17-7-13(9)22-12/h1-5,17H,6-8H2. The summed E-state index contributed by atoms with van der Waals surface area (Å²) in [5, 5.41) is 7.16. The van der Waals surface area contributed by atoms with Crippen molar-refractivity contribution in [2.45, 2.75) is 19.7 Å². The second-order valence-corrected chi connectivity index (χ2v) is 6.03. The summed E-state index contributed by atoms with van der Waals surface area (Å²) in [6, 6.07) is 8.29. The van der Waals surface area contributed by atoms with Crippen LogP contribution in [0.3, 0.4) is 0 Å². The van der Waals surface area contributed by atoms with Gasteiger partial charge in [-0.25, -0.2) is 4.39 Å². The number of thiophene rings is 1. The fourth-order valence-corrected chi connectivity index (χ4v) is 3.37. The lowest BCUT2D eigenvalue weighted by Gasteiger charge is -2.03. The number of rotatable bonds is 4. The predicted octanol–water partition coefficient (Wildman–Crippen LogP) is 3.12. The van der Waals surface area contributed by atoms with Crippen molar-refractivity contribution in [3.05, 3.63) is 52.4 Å². The van der Waals surface area contributed by atoms with E-state index in [0.29, 0.717) is 11.7 Å². The van der Waals surface area contributed by atoms with Gasteiger partial charge in [-0.2, -0.15) is 4.98 Å². The van der Waals surface area contributed by atoms with Crippen LogP contribution in [0.15, 0.2) is 34.9 Å². The molecule has 1 aliphatic heterocycles. The van der Waals surface area contributed by atoms with Crippen LogP contribution in [-0.4, -0.2) is 10.1 Å². The Morgan fingerprint density at radius 2 is 2.23 bits per heavy atom. The van der Waals surface area contributed by atoms with Crippen molar-refractivity contribution in [1.29, 1.82) is 0 Å². The molecule has 0 unspecified atom stereocenters. The summed E-state index contributed by atoms with van der Waals surface area (Å²) in [7, 11) is 0. The van der Waals surface area contributed by atoms with Crippen molar-refractivity contribution in [3.8, 4) is 16.5 Å². The van der Waals surface area contributed by atoms with E-state index in [4.69, 9.17) is 9.26 Å². The first-order valence-electron chi connectivity index (χ1n) is 6.82. The van der Waals surface area contributed by atoms with E-state index in [-0.39, 0.29) is 12.4 Å². The molecule has 2 aromatic heterocycles. The Balaban J connectivity index is 1.48. The number of fused-ring (bicyclic) bond motifs is 1. The van der Waals surface area contributed by atoms with E-state index in [2.05, 4.69) is 21.5 Å². The SMILES string of the molecule is Fc1ccccc1OCc1noc(-c2cc3c(s2)CNC3)n1. The second-order valence-electron chi connectivity index (χ2n) is 4.90. The Hall–Kier alpha value is -2.25.